The van der Waals surface area contributed by atoms with Crippen molar-refractivity contribution in [3.63, 3.8) is 0 Å². The largest absolute Gasteiger partial charge is 0.389 e. The molecule has 0 amide bonds. The van der Waals surface area contributed by atoms with Crippen LogP contribution in [0.4, 0.5) is 0 Å². The third kappa shape index (κ3) is 2.52. The first kappa shape index (κ1) is 18.6. The number of aliphatic hydroxyl groups excluding tert-OH is 1. The molecule has 0 spiro atoms. The van der Waals surface area contributed by atoms with Gasteiger partial charge in [-0.15, -0.1) is 0 Å². The Balaban J connectivity index is 1.50. The van der Waals surface area contributed by atoms with E-state index in [0.29, 0.717) is 24.2 Å². The van der Waals surface area contributed by atoms with Gasteiger partial charge in [0.15, 0.2) is 0 Å². The average Bonchev–Trinajstić information content (AvgIpc) is 2.98. The first-order chi connectivity index (χ1) is 13.3. The van der Waals surface area contributed by atoms with Gasteiger partial charge in [0.25, 0.3) is 0 Å². The number of aromatic nitrogens is 1. The van der Waals surface area contributed by atoms with Gasteiger partial charge in [-0.3, -0.25) is 4.98 Å². The summed E-state index contributed by atoms with van der Waals surface area (Å²) in [5, 5.41) is 22.7. The van der Waals surface area contributed by atoms with Crippen molar-refractivity contribution in [1.82, 2.24) is 4.98 Å². The summed E-state index contributed by atoms with van der Waals surface area (Å²) in [6, 6.07) is 5.78. The lowest BCUT2D eigenvalue weighted by atomic mass is 9.46. The molecule has 4 aliphatic rings. The van der Waals surface area contributed by atoms with E-state index in [2.05, 4.69) is 37.9 Å². The van der Waals surface area contributed by atoms with Crippen LogP contribution in [-0.4, -0.2) is 21.3 Å². The molecule has 4 aliphatic carbocycles. The molecule has 1 heterocycles. The predicted molar refractivity (Wildman–Crippen MR) is 110 cm³/mol. The third-order valence-corrected chi connectivity index (χ3v) is 8.89. The van der Waals surface area contributed by atoms with Gasteiger partial charge in [0.1, 0.15) is 5.60 Å². The van der Waals surface area contributed by atoms with Crippen LogP contribution in [0.1, 0.15) is 65.0 Å². The monoisotopic (exact) mass is 379 g/mol. The maximum absolute atomic E-state index is 11.4. The fourth-order valence-electron chi connectivity index (χ4n) is 7.38. The molecular weight excluding hydrogens is 346 g/mol. The van der Waals surface area contributed by atoms with Crippen molar-refractivity contribution in [2.24, 2.45) is 28.6 Å². The van der Waals surface area contributed by atoms with Crippen LogP contribution in [0, 0.1) is 28.6 Å². The van der Waals surface area contributed by atoms with Gasteiger partial charge in [0, 0.05) is 12.6 Å². The molecule has 150 valence electrons. The predicted octanol–water partition coefficient (Wildman–Crippen LogP) is 4.76. The van der Waals surface area contributed by atoms with E-state index in [-0.39, 0.29) is 10.8 Å². The molecule has 1 aromatic rings. The number of rotatable bonds is 1. The van der Waals surface area contributed by atoms with Gasteiger partial charge in [-0.1, -0.05) is 43.2 Å². The number of fused-ring (bicyclic) bond motifs is 5. The summed E-state index contributed by atoms with van der Waals surface area (Å²) >= 11 is 0. The standard InChI is InChI=1S/C25H33NO2/c1-16-12-19-22-18(7-8-23(19,2)14-16)24(3)9-10-25(28,15-17(24)13-20(22)27)21-6-4-5-11-26-21/h4-6,11,13-14,18-20,22,27-28H,7-10,12,15H2,1-3H3/t18-,19-,20-,22+,23+,24-,25?/m0/s1. The van der Waals surface area contributed by atoms with Crippen molar-refractivity contribution in [3.8, 4) is 0 Å². The van der Waals surface area contributed by atoms with E-state index in [1.165, 1.54) is 24.0 Å². The second-order valence-electron chi connectivity index (χ2n) is 10.6. The maximum Gasteiger partial charge on any atom is 0.110 e. The topological polar surface area (TPSA) is 53.4 Å². The van der Waals surface area contributed by atoms with E-state index < -0.39 is 11.7 Å². The molecule has 2 fully saturated rings. The SMILES string of the molecule is CC1=C[C@@]2(C)CC[C@H]3[C@@H]([C@@H](O)C=C4CC(O)(c5ccccn5)CC[C@@]43C)[C@@H]2C1. The molecule has 7 atom stereocenters. The van der Waals surface area contributed by atoms with Gasteiger partial charge < -0.3 is 10.2 Å². The van der Waals surface area contributed by atoms with Crippen molar-refractivity contribution in [1.29, 1.82) is 0 Å². The average molecular weight is 380 g/mol. The first-order valence-electron chi connectivity index (χ1n) is 11.0. The Kier molecular flexibility index (Phi) is 4.00. The van der Waals surface area contributed by atoms with Crippen LogP contribution in [0.15, 0.2) is 47.7 Å². The summed E-state index contributed by atoms with van der Waals surface area (Å²) in [7, 11) is 0. The van der Waals surface area contributed by atoms with Crippen molar-refractivity contribution in [2.75, 3.05) is 0 Å². The van der Waals surface area contributed by atoms with Crippen molar-refractivity contribution in [3.05, 3.63) is 53.4 Å². The minimum absolute atomic E-state index is 0.0860. The highest BCUT2D eigenvalue weighted by Crippen LogP contribution is 2.65. The number of aliphatic hydroxyl groups is 2. The van der Waals surface area contributed by atoms with E-state index in [0.717, 1.165) is 25.0 Å². The van der Waals surface area contributed by atoms with E-state index >= 15 is 0 Å². The Morgan fingerprint density at radius 2 is 1.93 bits per heavy atom. The Morgan fingerprint density at radius 1 is 1.11 bits per heavy atom. The number of pyridine rings is 1. The summed E-state index contributed by atoms with van der Waals surface area (Å²) in [6.07, 6.45) is 11.8. The summed E-state index contributed by atoms with van der Waals surface area (Å²) < 4.78 is 0. The molecule has 0 saturated heterocycles. The van der Waals surface area contributed by atoms with E-state index in [1.807, 2.05) is 18.2 Å². The molecule has 0 aromatic carbocycles. The fraction of sp³-hybridized carbons (Fsp3) is 0.640. The summed E-state index contributed by atoms with van der Waals surface area (Å²) in [4.78, 5) is 4.45. The minimum Gasteiger partial charge on any atom is -0.389 e. The molecule has 0 bridgehead atoms. The van der Waals surface area contributed by atoms with Crippen LogP contribution in [0.25, 0.3) is 0 Å². The zero-order valence-electron chi connectivity index (χ0n) is 17.4. The summed E-state index contributed by atoms with van der Waals surface area (Å²) in [5.41, 5.74) is 2.94. The lowest BCUT2D eigenvalue weighted by Crippen LogP contribution is -2.54. The van der Waals surface area contributed by atoms with Gasteiger partial charge in [-0.25, -0.2) is 0 Å². The van der Waals surface area contributed by atoms with Gasteiger partial charge in [-0.2, -0.15) is 0 Å². The second-order valence-corrected chi connectivity index (χ2v) is 10.6. The van der Waals surface area contributed by atoms with Crippen LogP contribution in [0.5, 0.6) is 0 Å². The molecule has 2 N–H and O–H groups in total. The number of allylic oxidation sites excluding steroid dienone is 2. The van der Waals surface area contributed by atoms with Gasteiger partial charge in [-0.05, 0) is 79.7 Å². The van der Waals surface area contributed by atoms with Crippen LogP contribution in [0.2, 0.25) is 0 Å². The fourth-order valence-corrected chi connectivity index (χ4v) is 7.38. The normalized spacial score (nSPS) is 47.5. The third-order valence-electron chi connectivity index (χ3n) is 8.89. The molecular formula is C25H33NO2. The Labute approximate surface area is 168 Å². The van der Waals surface area contributed by atoms with Crippen molar-refractivity contribution in [2.45, 2.75) is 71.0 Å². The summed E-state index contributed by atoms with van der Waals surface area (Å²) in [6.45, 7) is 7.06. The highest BCUT2D eigenvalue weighted by molar-refractivity contribution is 5.33. The number of nitrogens with zero attached hydrogens (tertiary/aromatic N) is 1. The van der Waals surface area contributed by atoms with Crippen LogP contribution in [-0.2, 0) is 5.60 Å². The maximum atomic E-state index is 11.4. The van der Waals surface area contributed by atoms with Crippen molar-refractivity contribution < 1.29 is 10.2 Å². The molecule has 1 aromatic heterocycles. The molecule has 3 heteroatoms. The van der Waals surface area contributed by atoms with Crippen LogP contribution < -0.4 is 0 Å². The number of hydrogen-bond acceptors (Lipinski definition) is 3. The van der Waals surface area contributed by atoms with E-state index in [9.17, 15) is 10.2 Å². The Morgan fingerprint density at radius 3 is 2.68 bits per heavy atom. The smallest absolute Gasteiger partial charge is 0.110 e. The lowest BCUT2D eigenvalue weighted by molar-refractivity contribution is -0.0928. The lowest BCUT2D eigenvalue weighted by Gasteiger charge is -2.59. The zero-order valence-corrected chi connectivity index (χ0v) is 17.4. The zero-order chi connectivity index (χ0) is 19.7. The van der Waals surface area contributed by atoms with Gasteiger partial charge in [0.2, 0.25) is 0 Å². The van der Waals surface area contributed by atoms with E-state index in [1.54, 1.807) is 6.20 Å². The first-order valence-corrected chi connectivity index (χ1v) is 11.0. The highest BCUT2D eigenvalue weighted by atomic mass is 16.3. The van der Waals surface area contributed by atoms with Gasteiger partial charge >= 0.3 is 0 Å². The molecule has 2 saturated carbocycles. The molecule has 0 radical (unpaired) electrons. The van der Waals surface area contributed by atoms with Crippen molar-refractivity contribution >= 4 is 0 Å². The van der Waals surface area contributed by atoms with E-state index in [4.69, 9.17) is 0 Å². The molecule has 0 aliphatic heterocycles. The Hall–Kier alpha value is -1.45. The molecule has 28 heavy (non-hydrogen) atoms. The second kappa shape index (κ2) is 6.03. The highest BCUT2D eigenvalue weighted by Gasteiger charge is 2.59. The van der Waals surface area contributed by atoms with Gasteiger partial charge in [0.05, 0.1) is 11.8 Å². The van der Waals surface area contributed by atoms with Crippen LogP contribution >= 0.6 is 0 Å². The Bertz CT molecular complexity index is 845. The minimum atomic E-state index is -0.909. The quantitative estimate of drug-likeness (QED) is 0.692. The molecule has 3 nitrogen and oxygen atoms in total. The van der Waals surface area contributed by atoms with Crippen LogP contribution in [0.3, 0.4) is 0 Å². The number of hydrogen-bond donors (Lipinski definition) is 2. The summed E-state index contributed by atoms with van der Waals surface area (Å²) in [5.74, 6) is 1.39. The molecule has 5 rings (SSSR count). The molecule has 1 unspecified atom stereocenters.